The first kappa shape index (κ1) is 73.7. The van der Waals surface area contributed by atoms with E-state index in [1.165, 1.54) is 27.2 Å². The number of rotatable bonds is 24. The first-order valence-corrected chi connectivity index (χ1v) is 33.2. The van der Waals surface area contributed by atoms with E-state index >= 15 is 0 Å². The fraction of sp³-hybridized carbons (Fsp3) is 0.952. The molecule has 6 fully saturated rings. The molecule has 0 aliphatic carbocycles. The maximum Gasteiger partial charge on any atom is 0.309 e. The number of esters is 3. The number of aliphatic hydroxyl groups is 8. The molecule has 27 atom stereocenters. The van der Waals surface area contributed by atoms with Crippen LogP contribution in [-0.2, 0) is 76.0 Å². The van der Waals surface area contributed by atoms with Gasteiger partial charge in [0.2, 0.25) is 0 Å². The third kappa shape index (κ3) is 20.8. The molecule has 0 aromatic heterocycles. The van der Waals surface area contributed by atoms with E-state index in [0.717, 1.165) is 103 Å². The number of aliphatic hydroxyl groups excluding tert-OH is 8. The standard InChI is InChI=1S/C63H110O24/c1-10-13-15-16-17-18-21-24-29-33-42(65)82-57-56(87-59-48(71)45(68)43(66)35(5)75-59)53(85-60-49(72)47(70)51(37(7)77-60)83-58(74)34(4)12-3)39(9)79-63(57)84-52-38(8)78-62-55(50(52)73)81-41(64)32-28-25-22-19-20-23-27-31-40(30-26-14-11-2)80-61-54(86-62)46(69)44(67)36(6)76-61/h34-40,43-57,59-63,66-73H,10-33H2,1-9H3. The number of hydrogen-bond acceptors (Lipinski definition) is 24. The maximum absolute atomic E-state index is 14.3. The SMILES string of the molecule is CCCCCCCCCCCC(=O)OC1C(OC2C(C)OC3OC4C(OC(CCCCC)CCCCCCCCCC(=O)OC3C2O)OC(C)C(O)C4O)OC(C)C(OC2OC(C)C(OC(=O)C(C)CC)C(O)C2O)C1OC1OC(C)C(O)C(O)C1O. The summed E-state index contributed by atoms with van der Waals surface area (Å²) >= 11 is 0. The van der Waals surface area contributed by atoms with E-state index in [-0.39, 0.29) is 18.9 Å². The van der Waals surface area contributed by atoms with E-state index in [9.17, 15) is 55.2 Å². The van der Waals surface area contributed by atoms with Crippen LogP contribution in [0, 0.1) is 5.92 Å². The summed E-state index contributed by atoms with van der Waals surface area (Å²) in [5, 5.41) is 92.1. The van der Waals surface area contributed by atoms with E-state index in [4.69, 9.17) is 61.6 Å². The molecule has 6 rings (SSSR count). The van der Waals surface area contributed by atoms with Gasteiger partial charge >= 0.3 is 17.9 Å². The van der Waals surface area contributed by atoms with Crippen LogP contribution in [0.5, 0.6) is 0 Å². The lowest BCUT2D eigenvalue weighted by molar-refractivity contribution is -0.399. The molecular weight excluding hydrogens is 1140 g/mol. The van der Waals surface area contributed by atoms with Crippen molar-refractivity contribution in [3.05, 3.63) is 0 Å². The summed E-state index contributed by atoms with van der Waals surface area (Å²) in [5.41, 5.74) is 0. The normalized spacial score (nSPS) is 41.6. The summed E-state index contributed by atoms with van der Waals surface area (Å²) in [6.07, 6.45) is -18.9. The second-order valence-corrected chi connectivity index (χ2v) is 25.3. The van der Waals surface area contributed by atoms with Crippen LogP contribution in [-0.4, -0.2) is 218 Å². The Labute approximate surface area is 515 Å². The van der Waals surface area contributed by atoms with Crippen molar-refractivity contribution in [3.8, 4) is 0 Å². The van der Waals surface area contributed by atoms with Gasteiger partial charge in [-0.15, -0.1) is 0 Å². The minimum Gasteiger partial charge on any atom is -0.457 e. The quantitative estimate of drug-likeness (QED) is 0.0344. The fourth-order valence-corrected chi connectivity index (χ4v) is 12.3. The van der Waals surface area contributed by atoms with Crippen LogP contribution in [0.25, 0.3) is 0 Å². The van der Waals surface area contributed by atoms with E-state index in [1.54, 1.807) is 27.7 Å². The first-order valence-electron chi connectivity index (χ1n) is 33.2. The minimum absolute atomic E-state index is 0.0211. The predicted molar refractivity (Wildman–Crippen MR) is 311 cm³/mol. The number of unbranched alkanes of at least 4 members (excludes halogenated alkanes) is 10. The molecule has 0 aromatic carbocycles. The van der Waals surface area contributed by atoms with Gasteiger partial charge in [-0.2, -0.15) is 0 Å². The fourth-order valence-electron chi connectivity index (χ4n) is 12.3. The third-order valence-electron chi connectivity index (χ3n) is 18.2. The zero-order valence-electron chi connectivity index (χ0n) is 53.2. The van der Waals surface area contributed by atoms with Gasteiger partial charge in [-0.1, -0.05) is 137 Å². The highest BCUT2D eigenvalue weighted by Gasteiger charge is 2.58. The van der Waals surface area contributed by atoms with E-state index in [2.05, 4.69) is 13.8 Å². The summed E-state index contributed by atoms with van der Waals surface area (Å²) in [6, 6.07) is 0. The van der Waals surface area contributed by atoms with Gasteiger partial charge in [0.1, 0.15) is 73.2 Å². The smallest absolute Gasteiger partial charge is 0.309 e. The van der Waals surface area contributed by atoms with Gasteiger partial charge in [-0.05, 0) is 66.7 Å². The Morgan fingerprint density at radius 3 is 1.63 bits per heavy atom. The molecule has 24 heteroatoms. The minimum atomic E-state index is -1.90. The highest BCUT2D eigenvalue weighted by Crippen LogP contribution is 2.39. The van der Waals surface area contributed by atoms with Crippen molar-refractivity contribution in [1.29, 1.82) is 0 Å². The number of fused-ring (bicyclic) bond motifs is 2. The average Bonchev–Trinajstić information content (AvgIpc) is 0.898. The molecule has 0 aromatic rings. The van der Waals surface area contributed by atoms with Crippen LogP contribution in [0.4, 0.5) is 0 Å². The van der Waals surface area contributed by atoms with Crippen LogP contribution in [0.2, 0.25) is 0 Å². The van der Waals surface area contributed by atoms with Crippen molar-refractivity contribution in [2.24, 2.45) is 5.92 Å². The Balaban J connectivity index is 1.34. The molecule has 0 bridgehead atoms. The summed E-state index contributed by atoms with van der Waals surface area (Å²) in [5.74, 6) is -2.57. The predicted octanol–water partition coefficient (Wildman–Crippen LogP) is 5.33. The summed E-state index contributed by atoms with van der Waals surface area (Å²) in [7, 11) is 0. The number of carbonyl (C=O) groups excluding carboxylic acids is 3. The van der Waals surface area contributed by atoms with Gasteiger partial charge < -0.3 is 102 Å². The molecule has 0 saturated carbocycles. The van der Waals surface area contributed by atoms with E-state index < -0.39 is 177 Å². The second-order valence-electron chi connectivity index (χ2n) is 25.3. The maximum atomic E-state index is 14.3. The molecule has 24 nitrogen and oxygen atoms in total. The van der Waals surface area contributed by atoms with Crippen molar-refractivity contribution in [1.82, 2.24) is 0 Å². The van der Waals surface area contributed by atoms with Crippen LogP contribution in [0.15, 0.2) is 0 Å². The zero-order chi connectivity index (χ0) is 63.5. The summed E-state index contributed by atoms with van der Waals surface area (Å²) in [6.45, 7) is 15.4. The van der Waals surface area contributed by atoms with Crippen molar-refractivity contribution in [2.45, 2.75) is 376 Å². The third-order valence-corrected chi connectivity index (χ3v) is 18.2. The van der Waals surface area contributed by atoms with E-state index in [1.807, 2.05) is 0 Å². The molecule has 0 radical (unpaired) electrons. The van der Waals surface area contributed by atoms with Crippen LogP contribution >= 0.6 is 0 Å². The molecule has 27 unspecified atom stereocenters. The van der Waals surface area contributed by atoms with Gasteiger partial charge in [-0.3, -0.25) is 14.4 Å². The molecule has 8 N–H and O–H groups in total. The Hall–Kier alpha value is -2.31. The molecule has 0 spiro atoms. The lowest BCUT2D eigenvalue weighted by atomic mass is 9.95. The molecule has 6 heterocycles. The molecular formula is C63H110O24. The van der Waals surface area contributed by atoms with Crippen molar-refractivity contribution in [3.63, 3.8) is 0 Å². The van der Waals surface area contributed by atoms with E-state index in [0.29, 0.717) is 32.1 Å². The van der Waals surface area contributed by atoms with Gasteiger partial charge in [0.25, 0.3) is 0 Å². The molecule has 6 aliphatic rings. The van der Waals surface area contributed by atoms with Crippen molar-refractivity contribution >= 4 is 17.9 Å². The average molecular weight is 1250 g/mol. The Kier molecular flexibility index (Phi) is 31.2. The van der Waals surface area contributed by atoms with Gasteiger partial charge in [-0.25, -0.2) is 0 Å². The summed E-state index contributed by atoms with van der Waals surface area (Å²) in [4.78, 5) is 41.1. The van der Waals surface area contributed by atoms with Crippen LogP contribution in [0.1, 0.15) is 216 Å². The lowest BCUT2D eigenvalue weighted by Gasteiger charge is -2.51. The lowest BCUT2D eigenvalue weighted by Crippen LogP contribution is -2.68. The Morgan fingerprint density at radius 2 is 0.966 bits per heavy atom. The number of ether oxygens (including phenoxy) is 13. The Bertz CT molecular complexity index is 1990. The number of hydrogen-bond donors (Lipinski definition) is 8. The molecule has 6 aliphatic heterocycles. The second kappa shape index (κ2) is 36.8. The highest BCUT2D eigenvalue weighted by molar-refractivity contribution is 5.72. The highest BCUT2D eigenvalue weighted by atomic mass is 16.8. The van der Waals surface area contributed by atoms with Gasteiger partial charge in [0.05, 0.1) is 42.5 Å². The van der Waals surface area contributed by atoms with Gasteiger partial charge in [0.15, 0.2) is 49.8 Å². The molecule has 6 saturated heterocycles. The zero-order valence-corrected chi connectivity index (χ0v) is 53.2. The molecule has 506 valence electrons. The van der Waals surface area contributed by atoms with Crippen LogP contribution < -0.4 is 0 Å². The molecule has 87 heavy (non-hydrogen) atoms. The monoisotopic (exact) mass is 1250 g/mol. The first-order chi connectivity index (χ1) is 41.6. The summed E-state index contributed by atoms with van der Waals surface area (Å²) < 4.78 is 82.4. The van der Waals surface area contributed by atoms with Crippen molar-refractivity contribution < 1.29 is 117 Å². The Morgan fingerprint density at radius 1 is 0.460 bits per heavy atom. The largest absolute Gasteiger partial charge is 0.457 e. The van der Waals surface area contributed by atoms with Gasteiger partial charge in [0, 0.05) is 12.8 Å². The molecule has 0 amide bonds. The topological polar surface area (TPSA) is 333 Å². The van der Waals surface area contributed by atoms with Crippen molar-refractivity contribution in [2.75, 3.05) is 0 Å². The van der Waals surface area contributed by atoms with Crippen LogP contribution in [0.3, 0.4) is 0 Å². The number of carbonyl (C=O) groups is 3.